The number of benzene rings is 2. The normalized spacial score (nSPS) is 10.6. The Morgan fingerprint density at radius 1 is 1.00 bits per heavy atom. The van der Waals surface area contributed by atoms with Crippen LogP contribution >= 0.6 is 0 Å². The fourth-order valence-electron chi connectivity index (χ4n) is 2.83. The van der Waals surface area contributed by atoms with Crippen LogP contribution < -0.4 is 25.0 Å². The molecule has 0 unspecified atom stereocenters. The van der Waals surface area contributed by atoms with E-state index < -0.39 is 4.92 Å². The highest BCUT2D eigenvalue weighted by Crippen LogP contribution is 2.30. The van der Waals surface area contributed by atoms with Crippen LogP contribution in [-0.2, 0) is 0 Å². The first-order valence-electron chi connectivity index (χ1n) is 9.40. The molecule has 0 aliphatic rings. The molecule has 11 heteroatoms. The summed E-state index contributed by atoms with van der Waals surface area (Å²) in [7, 11) is 4.67. The minimum atomic E-state index is -0.532. The van der Waals surface area contributed by atoms with E-state index in [9.17, 15) is 10.1 Å². The van der Waals surface area contributed by atoms with Crippen molar-refractivity contribution >= 4 is 29.4 Å². The number of nitro groups is 1. The van der Waals surface area contributed by atoms with Crippen molar-refractivity contribution in [3.05, 3.63) is 63.8 Å². The van der Waals surface area contributed by atoms with Gasteiger partial charge in [-0.05, 0) is 49.4 Å². The molecule has 3 aromatic rings. The van der Waals surface area contributed by atoms with Gasteiger partial charge in [0, 0.05) is 11.3 Å². The van der Waals surface area contributed by atoms with Gasteiger partial charge in [-0.2, -0.15) is 10.1 Å². The largest absolute Gasteiger partial charge is 0.497 e. The summed E-state index contributed by atoms with van der Waals surface area (Å²) in [4.78, 5) is 19.4. The fourth-order valence-corrected chi connectivity index (χ4v) is 2.83. The molecule has 0 bridgehead atoms. The molecule has 0 atom stereocenters. The molecule has 3 rings (SSSR count). The van der Waals surface area contributed by atoms with Crippen LogP contribution in [0.15, 0.2) is 47.6 Å². The first-order chi connectivity index (χ1) is 15.4. The smallest absolute Gasteiger partial charge is 0.332 e. The van der Waals surface area contributed by atoms with E-state index in [2.05, 4.69) is 25.8 Å². The molecule has 166 valence electrons. The quantitative estimate of drug-likeness (QED) is 0.290. The Hall–Kier alpha value is -4.41. The number of aryl methyl sites for hydroxylation is 1. The molecule has 0 spiro atoms. The maximum absolute atomic E-state index is 11.6. The number of nitrogens with one attached hydrogen (secondary N) is 2. The number of hydrogen-bond donors (Lipinski definition) is 2. The summed E-state index contributed by atoms with van der Waals surface area (Å²) < 4.78 is 15.7. The molecule has 32 heavy (non-hydrogen) atoms. The lowest BCUT2D eigenvalue weighted by atomic mass is 10.2. The van der Waals surface area contributed by atoms with Crippen molar-refractivity contribution in [1.29, 1.82) is 0 Å². The average molecular weight is 438 g/mol. The number of rotatable bonds is 9. The number of methoxy groups -OCH3 is 3. The molecular formula is C21H22N6O5. The Morgan fingerprint density at radius 3 is 2.31 bits per heavy atom. The zero-order valence-corrected chi connectivity index (χ0v) is 17.9. The van der Waals surface area contributed by atoms with Gasteiger partial charge in [-0.3, -0.25) is 10.1 Å². The maximum Gasteiger partial charge on any atom is 0.332 e. The molecule has 11 nitrogen and oxygen atoms in total. The second-order valence-electron chi connectivity index (χ2n) is 6.42. The van der Waals surface area contributed by atoms with Crippen molar-refractivity contribution in [1.82, 2.24) is 9.97 Å². The van der Waals surface area contributed by atoms with Gasteiger partial charge in [-0.25, -0.2) is 10.4 Å². The summed E-state index contributed by atoms with van der Waals surface area (Å²) in [5, 5.41) is 18.6. The van der Waals surface area contributed by atoms with Gasteiger partial charge in [-0.15, -0.1) is 0 Å². The second kappa shape index (κ2) is 10.1. The van der Waals surface area contributed by atoms with E-state index in [1.807, 2.05) is 0 Å². The Morgan fingerprint density at radius 2 is 1.69 bits per heavy atom. The third kappa shape index (κ3) is 5.19. The van der Waals surface area contributed by atoms with Crippen molar-refractivity contribution in [2.45, 2.75) is 6.92 Å². The van der Waals surface area contributed by atoms with E-state index in [-0.39, 0.29) is 23.1 Å². The molecule has 0 amide bonds. The van der Waals surface area contributed by atoms with Crippen molar-refractivity contribution < 1.29 is 19.1 Å². The number of aromatic nitrogens is 2. The predicted molar refractivity (Wildman–Crippen MR) is 120 cm³/mol. The SMILES string of the molecule is COc1ccc(Nc2nc(N/N=C/c3cc(OC)ccc3OC)nc(C)c2[N+](=O)[O-])cc1. The zero-order chi connectivity index (χ0) is 23.1. The number of ether oxygens (including phenoxy) is 3. The van der Waals surface area contributed by atoms with Gasteiger partial charge in [0.05, 0.1) is 32.5 Å². The van der Waals surface area contributed by atoms with E-state index in [4.69, 9.17) is 14.2 Å². The first kappa shape index (κ1) is 22.3. The molecular weight excluding hydrogens is 416 g/mol. The van der Waals surface area contributed by atoms with E-state index in [0.717, 1.165) is 0 Å². The molecule has 0 fully saturated rings. The van der Waals surface area contributed by atoms with Crippen LogP contribution in [0.4, 0.5) is 23.1 Å². The van der Waals surface area contributed by atoms with Gasteiger partial charge in [-0.1, -0.05) is 0 Å². The van der Waals surface area contributed by atoms with Crippen molar-refractivity contribution in [3.63, 3.8) is 0 Å². The molecule has 1 aromatic heterocycles. The third-order valence-electron chi connectivity index (χ3n) is 4.40. The lowest BCUT2D eigenvalue weighted by molar-refractivity contribution is -0.385. The minimum Gasteiger partial charge on any atom is -0.497 e. The van der Waals surface area contributed by atoms with E-state index >= 15 is 0 Å². The Labute approximate surface area is 184 Å². The Balaban J connectivity index is 1.87. The van der Waals surface area contributed by atoms with Crippen LogP contribution in [0.25, 0.3) is 0 Å². The lowest BCUT2D eigenvalue weighted by Gasteiger charge is -2.10. The summed E-state index contributed by atoms with van der Waals surface area (Å²) >= 11 is 0. The molecule has 0 aliphatic carbocycles. The van der Waals surface area contributed by atoms with Crippen LogP contribution in [0.1, 0.15) is 11.3 Å². The standard InChI is InChI=1S/C21H22N6O5/c1-13-19(27(28)29)20(24-15-5-7-16(30-2)8-6-15)25-21(23-13)26-22-12-14-11-17(31-3)9-10-18(14)32-4/h5-12H,1-4H3,(H2,23,24,25,26)/b22-12+. The monoisotopic (exact) mass is 438 g/mol. The number of hydrogen-bond acceptors (Lipinski definition) is 10. The van der Waals surface area contributed by atoms with Crippen molar-refractivity contribution in [2.75, 3.05) is 32.1 Å². The van der Waals surface area contributed by atoms with E-state index in [0.29, 0.717) is 28.5 Å². The van der Waals surface area contributed by atoms with Gasteiger partial charge in [0.2, 0.25) is 11.8 Å². The molecule has 1 heterocycles. The summed E-state index contributed by atoms with van der Waals surface area (Å²) in [5.74, 6) is 2.01. The highest BCUT2D eigenvalue weighted by molar-refractivity contribution is 5.84. The highest BCUT2D eigenvalue weighted by Gasteiger charge is 2.22. The lowest BCUT2D eigenvalue weighted by Crippen LogP contribution is -2.07. The molecule has 2 aromatic carbocycles. The molecule has 0 saturated heterocycles. The van der Waals surface area contributed by atoms with E-state index in [1.54, 1.807) is 63.8 Å². The molecule has 0 saturated carbocycles. The van der Waals surface area contributed by atoms with Gasteiger partial charge >= 0.3 is 5.69 Å². The van der Waals surface area contributed by atoms with Gasteiger partial charge in [0.25, 0.3) is 0 Å². The summed E-state index contributed by atoms with van der Waals surface area (Å²) in [6.07, 6.45) is 1.51. The van der Waals surface area contributed by atoms with Gasteiger partial charge in [0.15, 0.2) is 0 Å². The summed E-state index contributed by atoms with van der Waals surface area (Å²) in [5.41, 5.74) is 3.91. The van der Waals surface area contributed by atoms with Gasteiger partial charge in [0.1, 0.15) is 22.9 Å². The fraction of sp³-hybridized carbons (Fsp3) is 0.190. The second-order valence-corrected chi connectivity index (χ2v) is 6.42. The van der Waals surface area contributed by atoms with Crippen LogP contribution in [0.3, 0.4) is 0 Å². The molecule has 0 aliphatic heterocycles. The van der Waals surface area contributed by atoms with Crippen LogP contribution in [0.5, 0.6) is 17.2 Å². The number of hydrazone groups is 1. The Bertz CT molecular complexity index is 1130. The predicted octanol–water partition coefficient (Wildman–Crippen LogP) is 3.91. The van der Waals surface area contributed by atoms with Crippen LogP contribution in [0, 0.1) is 17.0 Å². The average Bonchev–Trinajstić information content (AvgIpc) is 2.79. The summed E-state index contributed by atoms with van der Waals surface area (Å²) in [6.45, 7) is 1.53. The number of nitrogens with zero attached hydrogens (tertiary/aromatic N) is 4. The third-order valence-corrected chi connectivity index (χ3v) is 4.40. The van der Waals surface area contributed by atoms with Crippen LogP contribution in [-0.4, -0.2) is 42.4 Å². The topological polar surface area (TPSA) is 133 Å². The van der Waals surface area contributed by atoms with Crippen molar-refractivity contribution in [2.24, 2.45) is 5.10 Å². The Kier molecular flexibility index (Phi) is 7.01. The van der Waals surface area contributed by atoms with Crippen molar-refractivity contribution in [3.8, 4) is 17.2 Å². The molecule has 0 radical (unpaired) electrons. The maximum atomic E-state index is 11.6. The zero-order valence-electron chi connectivity index (χ0n) is 17.9. The minimum absolute atomic E-state index is 0.0318. The summed E-state index contributed by atoms with van der Waals surface area (Å²) in [6, 6.07) is 12.2. The van der Waals surface area contributed by atoms with E-state index in [1.165, 1.54) is 13.1 Å². The number of anilines is 3. The highest BCUT2D eigenvalue weighted by atomic mass is 16.6. The van der Waals surface area contributed by atoms with Crippen LogP contribution in [0.2, 0.25) is 0 Å². The van der Waals surface area contributed by atoms with Gasteiger partial charge < -0.3 is 19.5 Å². The molecule has 2 N–H and O–H groups in total. The first-order valence-corrected chi connectivity index (χ1v) is 9.40.